The van der Waals surface area contributed by atoms with E-state index < -0.39 is 21.8 Å². The first kappa shape index (κ1) is 27.5. The van der Waals surface area contributed by atoms with Gasteiger partial charge in [-0.1, -0.05) is 29.8 Å². The number of amides is 1. The maximum absolute atomic E-state index is 14.0. The van der Waals surface area contributed by atoms with Gasteiger partial charge in [-0.3, -0.25) is 9.52 Å². The van der Waals surface area contributed by atoms with E-state index in [-0.39, 0.29) is 39.7 Å². The van der Waals surface area contributed by atoms with Gasteiger partial charge < -0.3 is 14.5 Å². The molecule has 1 amide bonds. The summed E-state index contributed by atoms with van der Waals surface area (Å²) in [4.78, 5) is 15.7. The predicted molar refractivity (Wildman–Crippen MR) is 134 cm³/mol. The Morgan fingerprint density at radius 1 is 0.974 bits per heavy atom. The van der Waals surface area contributed by atoms with E-state index in [1.54, 1.807) is 23.1 Å². The summed E-state index contributed by atoms with van der Waals surface area (Å²) in [6, 6.07) is 13.7. The second kappa shape index (κ2) is 11.1. The number of para-hydroxylation sites is 1. The molecule has 3 aromatic rings. The standard InChI is InChI=1S/C25H22ClF4N3O4S/c26-20-15-19(38(35,36)31-18-5-3-4-17(14-18)25(28,29)30)8-9-23(20)37-16-24(34)33-12-10-32(11-13-33)22-7-2-1-6-21(22)27/h1-9,14-15,31H,10-13,16H2. The van der Waals surface area contributed by atoms with Crippen molar-refractivity contribution in [1.82, 2.24) is 4.90 Å². The second-order valence-corrected chi connectivity index (χ2v) is 10.5. The number of rotatable bonds is 7. The van der Waals surface area contributed by atoms with Crippen molar-refractivity contribution in [2.75, 3.05) is 42.4 Å². The van der Waals surface area contributed by atoms with Gasteiger partial charge >= 0.3 is 6.18 Å². The first-order chi connectivity index (χ1) is 17.9. The molecule has 1 saturated heterocycles. The van der Waals surface area contributed by atoms with Crippen LogP contribution in [0.15, 0.2) is 71.6 Å². The van der Waals surface area contributed by atoms with E-state index >= 15 is 0 Å². The van der Waals surface area contributed by atoms with Crippen molar-refractivity contribution in [1.29, 1.82) is 0 Å². The zero-order valence-corrected chi connectivity index (χ0v) is 21.3. The van der Waals surface area contributed by atoms with Crippen LogP contribution < -0.4 is 14.4 Å². The lowest BCUT2D eigenvalue weighted by atomic mass is 10.2. The van der Waals surface area contributed by atoms with E-state index in [0.29, 0.717) is 37.9 Å². The molecule has 3 aromatic carbocycles. The Bertz CT molecular complexity index is 1430. The van der Waals surface area contributed by atoms with Gasteiger partial charge in [-0.25, -0.2) is 12.8 Å². The number of nitrogens with zero attached hydrogens (tertiary/aromatic N) is 2. The Balaban J connectivity index is 1.34. The molecule has 1 aliphatic rings. The van der Waals surface area contributed by atoms with Crippen LogP contribution in [0.25, 0.3) is 0 Å². The molecule has 0 atom stereocenters. The number of ether oxygens (including phenoxy) is 1. The van der Waals surface area contributed by atoms with E-state index in [4.69, 9.17) is 16.3 Å². The summed E-state index contributed by atoms with van der Waals surface area (Å²) >= 11 is 6.16. The van der Waals surface area contributed by atoms with Gasteiger partial charge in [-0.15, -0.1) is 0 Å². The Kier molecular flexibility index (Phi) is 8.02. The van der Waals surface area contributed by atoms with Gasteiger partial charge in [0, 0.05) is 31.9 Å². The molecule has 7 nitrogen and oxygen atoms in total. The summed E-state index contributed by atoms with van der Waals surface area (Å²) in [5, 5.41) is -0.103. The maximum Gasteiger partial charge on any atom is 0.416 e. The fraction of sp³-hybridized carbons (Fsp3) is 0.240. The molecule has 0 bridgehead atoms. The minimum Gasteiger partial charge on any atom is -0.482 e. The molecule has 13 heteroatoms. The van der Waals surface area contributed by atoms with Crippen molar-refractivity contribution < 1.29 is 35.5 Å². The van der Waals surface area contributed by atoms with E-state index in [9.17, 15) is 30.8 Å². The van der Waals surface area contributed by atoms with Crippen LogP contribution in [0, 0.1) is 5.82 Å². The molecule has 1 aliphatic heterocycles. The van der Waals surface area contributed by atoms with Gasteiger partial charge in [0.2, 0.25) is 0 Å². The summed E-state index contributed by atoms with van der Waals surface area (Å²) in [6.45, 7) is 1.26. The topological polar surface area (TPSA) is 78.9 Å². The summed E-state index contributed by atoms with van der Waals surface area (Å²) in [5.74, 6) is -0.596. The number of carbonyl (C=O) groups is 1. The summed E-state index contributed by atoms with van der Waals surface area (Å²) in [5.41, 5.74) is -0.796. The normalized spacial score (nSPS) is 14.3. The summed E-state index contributed by atoms with van der Waals surface area (Å²) in [7, 11) is -4.26. The third kappa shape index (κ3) is 6.48. The van der Waals surface area contributed by atoms with Crippen molar-refractivity contribution in [3.05, 3.63) is 83.1 Å². The first-order valence-corrected chi connectivity index (χ1v) is 13.2. The number of carbonyl (C=O) groups excluding carboxylic acids is 1. The number of nitrogens with one attached hydrogen (secondary N) is 1. The molecule has 1 fully saturated rings. The highest BCUT2D eigenvalue weighted by atomic mass is 35.5. The van der Waals surface area contributed by atoms with E-state index in [1.807, 2.05) is 4.90 Å². The minimum absolute atomic E-state index is 0.0584. The summed E-state index contributed by atoms with van der Waals surface area (Å²) in [6.07, 6.45) is -4.63. The molecule has 0 spiro atoms. The van der Waals surface area contributed by atoms with Crippen molar-refractivity contribution in [3.63, 3.8) is 0 Å². The molecule has 4 rings (SSSR count). The molecular formula is C25H22ClF4N3O4S. The van der Waals surface area contributed by atoms with Gasteiger partial charge in [-0.2, -0.15) is 13.2 Å². The minimum atomic E-state index is -4.63. The molecule has 0 aromatic heterocycles. The average Bonchev–Trinajstić information content (AvgIpc) is 2.87. The van der Waals surface area contributed by atoms with Gasteiger partial charge in [0.15, 0.2) is 6.61 Å². The largest absolute Gasteiger partial charge is 0.482 e. The lowest BCUT2D eigenvalue weighted by molar-refractivity contribution is -0.137. The number of alkyl halides is 3. The zero-order valence-electron chi connectivity index (χ0n) is 19.7. The van der Waals surface area contributed by atoms with Crippen LogP contribution in [0.5, 0.6) is 5.75 Å². The number of halogens is 5. The number of anilines is 2. The van der Waals surface area contributed by atoms with Gasteiger partial charge in [0.25, 0.3) is 15.9 Å². The van der Waals surface area contributed by atoms with Gasteiger partial charge in [-0.05, 0) is 48.5 Å². The average molecular weight is 572 g/mol. The van der Waals surface area contributed by atoms with E-state index in [2.05, 4.69) is 4.72 Å². The molecule has 0 aliphatic carbocycles. The highest BCUT2D eigenvalue weighted by Gasteiger charge is 2.31. The van der Waals surface area contributed by atoms with Crippen LogP contribution in [0.4, 0.5) is 28.9 Å². The molecule has 0 unspecified atom stereocenters. The van der Waals surface area contributed by atoms with Crippen molar-refractivity contribution >= 4 is 38.9 Å². The summed E-state index contributed by atoms with van der Waals surface area (Å²) < 4.78 is 85.7. The lowest BCUT2D eigenvalue weighted by Gasteiger charge is -2.36. The van der Waals surface area contributed by atoms with Crippen LogP contribution in [0.1, 0.15) is 5.56 Å². The van der Waals surface area contributed by atoms with E-state index in [0.717, 1.165) is 24.3 Å². The van der Waals surface area contributed by atoms with Crippen LogP contribution in [-0.2, 0) is 21.0 Å². The molecule has 1 heterocycles. The Hall–Kier alpha value is -3.51. The highest BCUT2D eigenvalue weighted by Crippen LogP contribution is 2.32. The third-order valence-electron chi connectivity index (χ3n) is 5.83. The van der Waals surface area contributed by atoms with Crippen molar-refractivity contribution in [3.8, 4) is 5.75 Å². The number of hydrogen-bond acceptors (Lipinski definition) is 5. The van der Waals surface area contributed by atoms with Gasteiger partial charge in [0.1, 0.15) is 11.6 Å². The zero-order chi connectivity index (χ0) is 27.5. The van der Waals surface area contributed by atoms with Crippen LogP contribution in [0.3, 0.4) is 0 Å². The third-order valence-corrected chi connectivity index (χ3v) is 7.51. The Labute approximate surface area is 221 Å². The predicted octanol–water partition coefficient (Wildman–Crippen LogP) is 5.03. The molecule has 38 heavy (non-hydrogen) atoms. The maximum atomic E-state index is 14.0. The highest BCUT2D eigenvalue weighted by molar-refractivity contribution is 7.92. The first-order valence-electron chi connectivity index (χ1n) is 11.3. The SMILES string of the molecule is O=C(COc1ccc(S(=O)(=O)Nc2cccc(C(F)(F)F)c2)cc1Cl)N1CCN(c2ccccc2F)CC1. The quantitative estimate of drug-likeness (QED) is 0.403. The van der Waals surface area contributed by atoms with Crippen LogP contribution in [-0.4, -0.2) is 52.0 Å². The van der Waals surface area contributed by atoms with Crippen molar-refractivity contribution in [2.24, 2.45) is 0 Å². The molecule has 0 radical (unpaired) electrons. The Morgan fingerprint density at radius 3 is 2.34 bits per heavy atom. The molecular weight excluding hydrogens is 550 g/mol. The van der Waals surface area contributed by atoms with Crippen LogP contribution in [0.2, 0.25) is 5.02 Å². The Morgan fingerprint density at radius 2 is 1.68 bits per heavy atom. The molecule has 1 N–H and O–H groups in total. The number of piperazine rings is 1. The number of sulfonamides is 1. The fourth-order valence-corrected chi connectivity index (χ4v) is 5.25. The molecule has 202 valence electrons. The lowest BCUT2D eigenvalue weighted by Crippen LogP contribution is -2.50. The molecule has 0 saturated carbocycles. The van der Waals surface area contributed by atoms with Crippen LogP contribution >= 0.6 is 11.6 Å². The monoisotopic (exact) mass is 571 g/mol. The van der Waals surface area contributed by atoms with Gasteiger partial charge in [0.05, 0.1) is 21.2 Å². The van der Waals surface area contributed by atoms with Crippen molar-refractivity contribution in [2.45, 2.75) is 11.1 Å². The second-order valence-electron chi connectivity index (χ2n) is 8.38. The number of benzene rings is 3. The number of hydrogen-bond donors (Lipinski definition) is 1. The smallest absolute Gasteiger partial charge is 0.416 e. The fourth-order valence-electron chi connectivity index (χ4n) is 3.87. The van der Waals surface area contributed by atoms with E-state index in [1.165, 1.54) is 18.2 Å².